The minimum atomic E-state index is -0.558. The summed E-state index contributed by atoms with van der Waals surface area (Å²) < 4.78 is 0. The third-order valence-electron chi connectivity index (χ3n) is 3.63. The molecule has 120 valence electrons. The van der Waals surface area contributed by atoms with Gasteiger partial charge >= 0.3 is 0 Å². The highest BCUT2D eigenvalue weighted by Gasteiger charge is 2.14. The van der Waals surface area contributed by atoms with Gasteiger partial charge in [0.05, 0.1) is 4.92 Å². The van der Waals surface area contributed by atoms with E-state index in [1.165, 1.54) is 18.2 Å². The van der Waals surface area contributed by atoms with Crippen molar-refractivity contribution in [3.05, 3.63) is 46.2 Å². The van der Waals surface area contributed by atoms with Crippen LogP contribution in [0.1, 0.15) is 25.7 Å². The van der Waals surface area contributed by atoms with E-state index in [1.54, 1.807) is 12.3 Å². The first-order valence-corrected chi connectivity index (χ1v) is 7.52. The molecule has 23 heavy (non-hydrogen) atoms. The van der Waals surface area contributed by atoms with E-state index in [1.807, 2.05) is 11.0 Å². The molecule has 1 heterocycles. The van der Waals surface area contributed by atoms with E-state index in [0.29, 0.717) is 5.69 Å². The fourth-order valence-corrected chi connectivity index (χ4v) is 2.44. The number of amides is 1. The molecule has 7 heteroatoms. The van der Waals surface area contributed by atoms with Crippen molar-refractivity contribution in [1.29, 1.82) is 5.26 Å². The van der Waals surface area contributed by atoms with Gasteiger partial charge in [-0.3, -0.25) is 14.9 Å². The maximum atomic E-state index is 12.2. The van der Waals surface area contributed by atoms with Crippen molar-refractivity contribution in [3.63, 3.8) is 0 Å². The molecule has 0 atom stereocenters. The highest BCUT2D eigenvalue weighted by atomic mass is 16.6. The number of nitro groups is 1. The predicted octanol–water partition coefficient (Wildman–Crippen LogP) is 2.82. The maximum Gasteiger partial charge on any atom is 0.271 e. The second-order valence-electron chi connectivity index (χ2n) is 5.37. The van der Waals surface area contributed by atoms with Gasteiger partial charge in [0.2, 0.25) is 0 Å². The van der Waals surface area contributed by atoms with Crippen molar-refractivity contribution in [2.24, 2.45) is 0 Å². The van der Waals surface area contributed by atoms with Crippen LogP contribution in [0.5, 0.6) is 0 Å². The van der Waals surface area contributed by atoms with E-state index in [4.69, 9.17) is 0 Å². The minimum Gasteiger partial charge on any atom is -0.376 e. The van der Waals surface area contributed by atoms with Gasteiger partial charge in [-0.2, -0.15) is 5.26 Å². The van der Waals surface area contributed by atoms with Gasteiger partial charge in [-0.25, -0.2) is 0 Å². The van der Waals surface area contributed by atoms with Crippen molar-refractivity contribution in [1.82, 2.24) is 4.90 Å². The molecule has 1 aliphatic heterocycles. The van der Waals surface area contributed by atoms with E-state index in [2.05, 4.69) is 5.32 Å². The van der Waals surface area contributed by atoms with Crippen LogP contribution in [-0.4, -0.2) is 28.8 Å². The molecule has 1 saturated heterocycles. The molecule has 1 aromatic rings. The number of rotatable bonds is 4. The van der Waals surface area contributed by atoms with Gasteiger partial charge in [-0.1, -0.05) is 18.9 Å². The number of carbonyl (C=O) groups is 1. The van der Waals surface area contributed by atoms with Gasteiger partial charge in [-0.05, 0) is 18.9 Å². The quantitative estimate of drug-likeness (QED) is 0.399. The number of anilines is 1. The Hall–Kier alpha value is -2.88. The summed E-state index contributed by atoms with van der Waals surface area (Å²) >= 11 is 0. The Morgan fingerprint density at radius 2 is 2.00 bits per heavy atom. The average molecular weight is 314 g/mol. The fourth-order valence-electron chi connectivity index (χ4n) is 2.44. The number of nitro benzene ring substituents is 1. The standard InChI is InChI=1S/C16H18N4O3/c17-11-13(12-19-8-3-1-2-4-9-19)16(21)18-14-6-5-7-15(10-14)20(22)23/h5-7,10,12H,1-4,8-9H2,(H,18,21)/b13-12-. The van der Waals surface area contributed by atoms with Crippen molar-refractivity contribution in [2.75, 3.05) is 18.4 Å². The van der Waals surface area contributed by atoms with E-state index >= 15 is 0 Å². The summed E-state index contributed by atoms with van der Waals surface area (Å²) in [4.78, 5) is 24.4. The van der Waals surface area contributed by atoms with E-state index in [-0.39, 0.29) is 11.3 Å². The molecule has 1 N–H and O–H groups in total. The predicted molar refractivity (Wildman–Crippen MR) is 85.5 cm³/mol. The summed E-state index contributed by atoms with van der Waals surface area (Å²) in [5.74, 6) is -0.558. The summed E-state index contributed by atoms with van der Waals surface area (Å²) in [7, 11) is 0. The lowest BCUT2D eigenvalue weighted by Crippen LogP contribution is -2.22. The zero-order chi connectivity index (χ0) is 16.7. The number of nitrogens with one attached hydrogen (secondary N) is 1. The van der Waals surface area contributed by atoms with Crippen LogP contribution in [-0.2, 0) is 4.79 Å². The third-order valence-corrected chi connectivity index (χ3v) is 3.63. The lowest BCUT2D eigenvalue weighted by Gasteiger charge is -2.17. The number of benzene rings is 1. The van der Waals surface area contributed by atoms with Crippen LogP contribution in [0.4, 0.5) is 11.4 Å². The second kappa shape index (κ2) is 7.94. The molecule has 1 amide bonds. The van der Waals surface area contributed by atoms with Crippen LogP contribution in [0.15, 0.2) is 36.0 Å². The molecule has 0 unspecified atom stereocenters. The first-order chi connectivity index (χ1) is 11.1. The molecule has 1 aliphatic rings. The van der Waals surface area contributed by atoms with E-state index in [0.717, 1.165) is 38.8 Å². The normalized spacial score (nSPS) is 15.4. The highest BCUT2D eigenvalue weighted by Crippen LogP contribution is 2.18. The van der Waals surface area contributed by atoms with Crippen LogP contribution in [0.2, 0.25) is 0 Å². The Bertz CT molecular complexity index is 656. The SMILES string of the molecule is N#C/C(=C/N1CCCCCC1)C(=O)Nc1cccc([N+](=O)[O-])c1. The fraction of sp³-hybridized carbons (Fsp3) is 0.375. The molecule has 0 aliphatic carbocycles. The summed E-state index contributed by atoms with van der Waals surface area (Å²) in [6.07, 6.45) is 5.99. The molecule has 1 fully saturated rings. The Morgan fingerprint density at radius 3 is 2.61 bits per heavy atom. The number of likely N-dealkylation sites (tertiary alicyclic amines) is 1. The Labute approximate surface area is 134 Å². The molecule has 0 aromatic heterocycles. The number of hydrogen-bond donors (Lipinski definition) is 1. The minimum absolute atomic E-state index is 0.00148. The van der Waals surface area contributed by atoms with Crippen LogP contribution in [0, 0.1) is 21.4 Å². The maximum absolute atomic E-state index is 12.2. The van der Waals surface area contributed by atoms with Gasteiger partial charge in [0, 0.05) is 37.1 Å². The summed E-state index contributed by atoms with van der Waals surface area (Å²) in [5, 5.41) is 22.5. The zero-order valence-electron chi connectivity index (χ0n) is 12.7. The molecule has 0 saturated carbocycles. The Morgan fingerprint density at radius 1 is 1.30 bits per heavy atom. The second-order valence-corrected chi connectivity index (χ2v) is 5.37. The van der Waals surface area contributed by atoms with Crippen LogP contribution in [0.3, 0.4) is 0 Å². The third kappa shape index (κ3) is 4.81. The smallest absolute Gasteiger partial charge is 0.271 e. The van der Waals surface area contributed by atoms with Crippen LogP contribution >= 0.6 is 0 Å². The Balaban J connectivity index is 2.09. The summed E-state index contributed by atoms with van der Waals surface area (Å²) in [6, 6.07) is 7.54. The number of non-ortho nitro benzene ring substituents is 1. The largest absolute Gasteiger partial charge is 0.376 e. The van der Waals surface area contributed by atoms with Crippen molar-refractivity contribution in [3.8, 4) is 6.07 Å². The number of nitrogens with zero attached hydrogens (tertiary/aromatic N) is 3. The molecule has 0 bridgehead atoms. The molecule has 0 radical (unpaired) electrons. The van der Waals surface area contributed by atoms with E-state index in [9.17, 15) is 20.2 Å². The molecular formula is C16H18N4O3. The van der Waals surface area contributed by atoms with Crippen LogP contribution < -0.4 is 5.32 Å². The van der Waals surface area contributed by atoms with Crippen LogP contribution in [0.25, 0.3) is 0 Å². The van der Waals surface area contributed by atoms with Crippen molar-refractivity contribution < 1.29 is 9.72 Å². The molecular weight excluding hydrogens is 296 g/mol. The molecule has 0 spiro atoms. The average Bonchev–Trinajstić information content (AvgIpc) is 2.81. The first-order valence-electron chi connectivity index (χ1n) is 7.52. The highest BCUT2D eigenvalue weighted by molar-refractivity contribution is 6.06. The molecule has 2 rings (SSSR count). The summed E-state index contributed by atoms with van der Waals surface area (Å²) in [5.41, 5.74) is 0.178. The van der Waals surface area contributed by atoms with Gasteiger partial charge in [-0.15, -0.1) is 0 Å². The number of hydrogen-bond acceptors (Lipinski definition) is 5. The monoisotopic (exact) mass is 314 g/mol. The number of nitriles is 1. The lowest BCUT2D eigenvalue weighted by atomic mass is 10.2. The molecule has 7 nitrogen and oxygen atoms in total. The lowest BCUT2D eigenvalue weighted by molar-refractivity contribution is -0.384. The molecule has 1 aromatic carbocycles. The van der Waals surface area contributed by atoms with E-state index < -0.39 is 10.8 Å². The zero-order valence-corrected chi connectivity index (χ0v) is 12.7. The van der Waals surface area contributed by atoms with Gasteiger partial charge < -0.3 is 10.2 Å². The number of carbonyl (C=O) groups excluding carboxylic acids is 1. The Kier molecular flexibility index (Phi) is 5.69. The topological polar surface area (TPSA) is 99.3 Å². The first kappa shape index (κ1) is 16.5. The summed E-state index contributed by atoms with van der Waals surface area (Å²) in [6.45, 7) is 1.66. The van der Waals surface area contributed by atoms with Gasteiger partial charge in [0.15, 0.2) is 0 Å². The van der Waals surface area contributed by atoms with Gasteiger partial charge in [0.25, 0.3) is 11.6 Å². The van der Waals surface area contributed by atoms with Crippen molar-refractivity contribution in [2.45, 2.75) is 25.7 Å². The van der Waals surface area contributed by atoms with Gasteiger partial charge in [0.1, 0.15) is 11.6 Å². The van der Waals surface area contributed by atoms with Crippen molar-refractivity contribution >= 4 is 17.3 Å².